The molecular formula is C12H14N2. The molecule has 0 spiro atoms. The van der Waals surface area contributed by atoms with Gasteiger partial charge in [0, 0.05) is 13.1 Å². The minimum atomic E-state index is 0.575. The van der Waals surface area contributed by atoms with E-state index in [4.69, 9.17) is 11.5 Å². The van der Waals surface area contributed by atoms with Crippen LogP contribution in [0.3, 0.4) is 0 Å². The highest BCUT2D eigenvalue weighted by atomic mass is 14.5. The van der Waals surface area contributed by atoms with Gasteiger partial charge in [-0.15, -0.1) is 0 Å². The summed E-state index contributed by atoms with van der Waals surface area (Å²) >= 11 is 0. The Morgan fingerprint density at radius 3 is 1.50 bits per heavy atom. The summed E-state index contributed by atoms with van der Waals surface area (Å²) in [5, 5.41) is 2.44. The third-order valence-electron chi connectivity index (χ3n) is 2.54. The van der Waals surface area contributed by atoms with Crippen molar-refractivity contribution in [1.29, 1.82) is 0 Å². The van der Waals surface area contributed by atoms with Gasteiger partial charge in [0.2, 0.25) is 0 Å². The van der Waals surface area contributed by atoms with Crippen molar-refractivity contribution in [3.8, 4) is 0 Å². The molecule has 0 unspecified atom stereocenters. The van der Waals surface area contributed by atoms with Crippen molar-refractivity contribution >= 4 is 10.8 Å². The molecule has 0 amide bonds. The summed E-state index contributed by atoms with van der Waals surface area (Å²) in [6.07, 6.45) is 0. The molecule has 72 valence electrons. The quantitative estimate of drug-likeness (QED) is 0.750. The Kier molecular flexibility index (Phi) is 2.48. The van der Waals surface area contributed by atoms with Crippen LogP contribution in [0.5, 0.6) is 0 Å². The minimum Gasteiger partial charge on any atom is -0.326 e. The second-order valence-electron chi connectivity index (χ2n) is 3.34. The molecule has 0 aliphatic carbocycles. The lowest BCUT2D eigenvalue weighted by Gasteiger charge is -2.08. The van der Waals surface area contributed by atoms with Crippen LogP contribution in [-0.2, 0) is 13.1 Å². The zero-order valence-electron chi connectivity index (χ0n) is 8.03. The van der Waals surface area contributed by atoms with E-state index < -0.39 is 0 Å². The van der Waals surface area contributed by atoms with Crippen LogP contribution in [0.15, 0.2) is 36.4 Å². The number of benzene rings is 2. The minimum absolute atomic E-state index is 0.575. The predicted octanol–water partition coefficient (Wildman–Crippen LogP) is 1.76. The fraction of sp³-hybridized carbons (Fsp3) is 0.167. The third kappa shape index (κ3) is 1.39. The van der Waals surface area contributed by atoms with Crippen LogP contribution in [0.2, 0.25) is 0 Å². The topological polar surface area (TPSA) is 52.0 Å². The maximum atomic E-state index is 5.68. The van der Waals surface area contributed by atoms with Crippen LogP contribution in [0.1, 0.15) is 11.1 Å². The largest absolute Gasteiger partial charge is 0.326 e. The summed E-state index contributed by atoms with van der Waals surface area (Å²) in [4.78, 5) is 0. The first kappa shape index (κ1) is 9.19. The van der Waals surface area contributed by atoms with Gasteiger partial charge in [0.1, 0.15) is 0 Å². The van der Waals surface area contributed by atoms with Gasteiger partial charge in [0.25, 0.3) is 0 Å². The molecule has 0 heterocycles. The predicted molar refractivity (Wildman–Crippen MR) is 59.7 cm³/mol. The molecule has 2 aromatic carbocycles. The molecule has 2 aromatic rings. The van der Waals surface area contributed by atoms with Crippen molar-refractivity contribution in [3.05, 3.63) is 47.5 Å². The summed E-state index contributed by atoms with van der Waals surface area (Å²) in [5.41, 5.74) is 13.7. The van der Waals surface area contributed by atoms with E-state index in [1.165, 1.54) is 21.9 Å². The molecule has 0 aliphatic heterocycles. The van der Waals surface area contributed by atoms with Crippen molar-refractivity contribution in [2.45, 2.75) is 13.1 Å². The van der Waals surface area contributed by atoms with Crippen LogP contribution in [0.25, 0.3) is 10.8 Å². The van der Waals surface area contributed by atoms with Crippen LogP contribution < -0.4 is 11.5 Å². The summed E-state index contributed by atoms with van der Waals surface area (Å²) in [7, 11) is 0. The van der Waals surface area contributed by atoms with Crippen LogP contribution >= 0.6 is 0 Å². The van der Waals surface area contributed by atoms with Crippen molar-refractivity contribution in [2.24, 2.45) is 11.5 Å². The van der Waals surface area contributed by atoms with Gasteiger partial charge in [0.05, 0.1) is 0 Å². The average Bonchev–Trinajstić information content (AvgIpc) is 2.27. The number of rotatable bonds is 2. The lowest BCUT2D eigenvalue weighted by molar-refractivity contribution is 1.06. The molecule has 0 fully saturated rings. The SMILES string of the molecule is NCc1ccc(CN)c2ccccc12. The number of hydrogen-bond acceptors (Lipinski definition) is 2. The molecule has 4 N–H and O–H groups in total. The molecule has 0 atom stereocenters. The Morgan fingerprint density at radius 1 is 0.714 bits per heavy atom. The van der Waals surface area contributed by atoms with Crippen molar-refractivity contribution in [3.63, 3.8) is 0 Å². The Labute approximate surface area is 83.5 Å². The average molecular weight is 186 g/mol. The van der Waals surface area contributed by atoms with Crippen molar-refractivity contribution in [2.75, 3.05) is 0 Å². The van der Waals surface area contributed by atoms with Crippen molar-refractivity contribution < 1.29 is 0 Å². The van der Waals surface area contributed by atoms with Gasteiger partial charge in [-0.25, -0.2) is 0 Å². The van der Waals surface area contributed by atoms with E-state index in [1.54, 1.807) is 0 Å². The van der Waals surface area contributed by atoms with Gasteiger partial charge in [-0.2, -0.15) is 0 Å². The van der Waals surface area contributed by atoms with E-state index in [-0.39, 0.29) is 0 Å². The summed E-state index contributed by atoms with van der Waals surface area (Å²) in [6.45, 7) is 1.15. The lowest BCUT2D eigenvalue weighted by Crippen LogP contribution is -2.01. The molecule has 0 saturated heterocycles. The molecule has 0 aromatic heterocycles. The number of fused-ring (bicyclic) bond motifs is 1. The highest BCUT2D eigenvalue weighted by molar-refractivity contribution is 5.88. The first-order valence-electron chi connectivity index (χ1n) is 4.76. The fourth-order valence-electron chi connectivity index (χ4n) is 1.78. The Hall–Kier alpha value is -1.38. The molecule has 2 heteroatoms. The summed E-state index contributed by atoms with van der Waals surface area (Å²) in [6, 6.07) is 12.4. The van der Waals surface area contributed by atoms with Crippen LogP contribution in [0.4, 0.5) is 0 Å². The number of hydrogen-bond donors (Lipinski definition) is 2. The first-order valence-corrected chi connectivity index (χ1v) is 4.76. The van der Waals surface area contributed by atoms with E-state index in [2.05, 4.69) is 24.3 Å². The smallest absolute Gasteiger partial charge is 0.0184 e. The fourth-order valence-corrected chi connectivity index (χ4v) is 1.78. The molecule has 2 nitrogen and oxygen atoms in total. The molecule has 0 aliphatic rings. The maximum absolute atomic E-state index is 5.68. The Balaban J connectivity index is 2.78. The van der Waals surface area contributed by atoms with Gasteiger partial charge in [-0.05, 0) is 21.9 Å². The van der Waals surface area contributed by atoms with Gasteiger partial charge < -0.3 is 11.5 Å². The Morgan fingerprint density at radius 2 is 1.14 bits per heavy atom. The lowest BCUT2D eigenvalue weighted by atomic mass is 10.00. The van der Waals surface area contributed by atoms with Gasteiger partial charge in [-0.3, -0.25) is 0 Å². The van der Waals surface area contributed by atoms with Crippen molar-refractivity contribution in [1.82, 2.24) is 0 Å². The first-order chi connectivity index (χ1) is 6.86. The summed E-state index contributed by atoms with van der Waals surface area (Å²) in [5.74, 6) is 0. The van der Waals surface area contributed by atoms with E-state index in [0.29, 0.717) is 13.1 Å². The maximum Gasteiger partial charge on any atom is 0.0184 e. The van der Waals surface area contributed by atoms with E-state index in [0.717, 1.165) is 0 Å². The van der Waals surface area contributed by atoms with E-state index >= 15 is 0 Å². The standard InChI is InChI=1S/C12H14N2/c13-7-9-5-6-10(8-14)12-4-2-1-3-11(9)12/h1-6H,7-8,13-14H2. The Bertz CT molecular complexity index is 407. The van der Waals surface area contributed by atoms with Crippen LogP contribution in [-0.4, -0.2) is 0 Å². The molecular weight excluding hydrogens is 172 g/mol. The normalized spacial score (nSPS) is 10.7. The van der Waals surface area contributed by atoms with Gasteiger partial charge in [0.15, 0.2) is 0 Å². The third-order valence-corrected chi connectivity index (χ3v) is 2.54. The molecule has 0 bridgehead atoms. The zero-order valence-corrected chi connectivity index (χ0v) is 8.03. The van der Waals surface area contributed by atoms with Gasteiger partial charge in [-0.1, -0.05) is 36.4 Å². The van der Waals surface area contributed by atoms with E-state index in [9.17, 15) is 0 Å². The zero-order chi connectivity index (χ0) is 9.97. The van der Waals surface area contributed by atoms with Gasteiger partial charge >= 0.3 is 0 Å². The molecule has 0 radical (unpaired) electrons. The second kappa shape index (κ2) is 3.78. The molecule has 0 saturated carbocycles. The second-order valence-corrected chi connectivity index (χ2v) is 3.34. The highest BCUT2D eigenvalue weighted by Gasteiger charge is 2.02. The summed E-state index contributed by atoms with van der Waals surface area (Å²) < 4.78 is 0. The van der Waals surface area contributed by atoms with E-state index in [1.807, 2.05) is 12.1 Å². The van der Waals surface area contributed by atoms with Crippen LogP contribution in [0, 0.1) is 0 Å². The molecule has 14 heavy (non-hydrogen) atoms. The highest BCUT2D eigenvalue weighted by Crippen LogP contribution is 2.22. The monoisotopic (exact) mass is 186 g/mol. The molecule has 2 rings (SSSR count). The number of nitrogens with two attached hydrogens (primary N) is 2.